The van der Waals surface area contributed by atoms with Crippen LogP contribution in [0.25, 0.3) is 10.6 Å². The van der Waals surface area contributed by atoms with E-state index in [9.17, 15) is 4.39 Å². The zero-order valence-electron chi connectivity index (χ0n) is 14.6. The van der Waals surface area contributed by atoms with Crippen LogP contribution in [0, 0.1) is 5.82 Å². The molecule has 0 spiro atoms. The summed E-state index contributed by atoms with van der Waals surface area (Å²) >= 11 is 1.50. The summed E-state index contributed by atoms with van der Waals surface area (Å²) in [5.41, 5.74) is 0.539. The summed E-state index contributed by atoms with van der Waals surface area (Å²) in [4.78, 5) is 4.81. The molecule has 2 atom stereocenters. The van der Waals surface area contributed by atoms with Gasteiger partial charge in [-0.25, -0.2) is 4.39 Å². The van der Waals surface area contributed by atoms with E-state index in [2.05, 4.69) is 41.0 Å². The lowest BCUT2D eigenvalue weighted by Crippen LogP contribution is -2.31. The Labute approximate surface area is 147 Å². The van der Waals surface area contributed by atoms with Crippen molar-refractivity contribution in [1.29, 1.82) is 0 Å². The maximum absolute atomic E-state index is 13.9. The van der Waals surface area contributed by atoms with Crippen molar-refractivity contribution in [1.82, 2.24) is 20.0 Å². The third-order valence-corrected chi connectivity index (χ3v) is 6.04. The SMILES string of the molecule is C[C@@H](c1nnc(-c2ccccc2F)s1)N1CCC[C@H](N(C)C)CC1. The highest BCUT2D eigenvalue weighted by Crippen LogP contribution is 2.31. The van der Waals surface area contributed by atoms with Crippen molar-refractivity contribution in [2.24, 2.45) is 0 Å². The third-order valence-electron chi connectivity index (χ3n) is 4.91. The molecule has 1 saturated heterocycles. The molecule has 0 N–H and O–H groups in total. The molecule has 2 aromatic rings. The number of benzene rings is 1. The lowest BCUT2D eigenvalue weighted by molar-refractivity contribution is 0.207. The van der Waals surface area contributed by atoms with Crippen LogP contribution in [-0.2, 0) is 0 Å². The molecule has 130 valence electrons. The van der Waals surface area contributed by atoms with Crippen molar-refractivity contribution in [3.63, 3.8) is 0 Å². The minimum Gasteiger partial charge on any atom is -0.306 e. The fraction of sp³-hybridized carbons (Fsp3) is 0.556. The Balaban J connectivity index is 1.72. The summed E-state index contributed by atoms with van der Waals surface area (Å²) in [7, 11) is 4.32. The molecule has 1 aliphatic rings. The first kappa shape index (κ1) is 17.5. The highest BCUT2D eigenvalue weighted by Gasteiger charge is 2.25. The first-order chi connectivity index (χ1) is 11.6. The molecule has 1 aromatic carbocycles. The average Bonchev–Trinajstić information content (AvgIpc) is 2.91. The van der Waals surface area contributed by atoms with Gasteiger partial charge in [0.1, 0.15) is 10.8 Å². The van der Waals surface area contributed by atoms with Gasteiger partial charge in [0, 0.05) is 18.2 Å². The molecule has 1 aliphatic heterocycles. The summed E-state index contributed by atoms with van der Waals surface area (Å²) in [5.74, 6) is -0.239. The molecule has 4 nitrogen and oxygen atoms in total. The van der Waals surface area contributed by atoms with Gasteiger partial charge in [0.15, 0.2) is 5.01 Å². The second kappa shape index (κ2) is 7.68. The quantitative estimate of drug-likeness (QED) is 0.841. The van der Waals surface area contributed by atoms with E-state index in [1.165, 1.54) is 36.7 Å². The van der Waals surface area contributed by atoms with Gasteiger partial charge in [0.2, 0.25) is 0 Å². The number of aromatic nitrogens is 2. The lowest BCUT2D eigenvalue weighted by atomic mass is 10.1. The molecule has 0 unspecified atom stereocenters. The van der Waals surface area contributed by atoms with Crippen LogP contribution in [0.1, 0.15) is 37.2 Å². The van der Waals surface area contributed by atoms with Crippen LogP contribution in [-0.4, -0.2) is 53.2 Å². The Morgan fingerprint density at radius 1 is 1.21 bits per heavy atom. The molecule has 0 radical (unpaired) electrons. The molecule has 24 heavy (non-hydrogen) atoms. The molecule has 0 bridgehead atoms. The molecular formula is C18H25FN4S. The molecule has 1 aromatic heterocycles. The van der Waals surface area contributed by atoms with E-state index in [0.29, 0.717) is 16.6 Å². The fourth-order valence-corrected chi connectivity index (χ4v) is 4.26. The van der Waals surface area contributed by atoms with Crippen LogP contribution in [0.3, 0.4) is 0 Å². The summed E-state index contributed by atoms with van der Waals surface area (Å²) in [6.45, 7) is 4.33. The third kappa shape index (κ3) is 3.82. The fourth-order valence-electron chi connectivity index (χ4n) is 3.31. The Hall–Kier alpha value is -1.37. The highest BCUT2D eigenvalue weighted by molar-refractivity contribution is 7.14. The number of hydrogen-bond acceptors (Lipinski definition) is 5. The van der Waals surface area contributed by atoms with E-state index in [4.69, 9.17) is 0 Å². The Morgan fingerprint density at radius 3 is 2.75 bits per heavy atom. The number of halogens is 1. The standard InChI is InChI=1S/C18H25FN4S/c1-13(23-11-6-7-14(10-12-23)22(2)3)17-20-21-18(24-17)15-8-4-5-9-16(15)19/h4-5,8-9,13-14H,6-7,10-12H2,1-3H3/t13-,14-/m0/s1. The number of hydrogen-bond donors (Lipinski definition) is 0. The number of nitrogens with zero attached hydrogens (tertiary/aromatic N) is 4. The molecule has 2 heterocycles. The van der Waals surface area contributed by atoms with Crippen molar-refractivity contribution in [2.45, 2.75) is 38.3 Å². The topological polar surface area (TPSA) is 32.3 Å². The van der Waals surface area contributed by atoms with Gasteiger partial charge in [0.05, 0.1) is 6.04 Å². The van der Waals surface area contributed by atoms with E-state index in [-0.39, 0.29) is 11.9 Å². The predicted octanol–water partition coefficient (Wildman–Crippen LogP) is 3.82. The van der Waals surface area contributed by atoms with Gasteiger partial charge in [0.25, 0.3) is 0 Å². The van der Waals surface area contributed by atoms with Gasteiger partial charge in [-0.3, -0.25) is 4.90 Å². The van der Waals surface area contributed by atoms with Gasteiger partial charge in [-0.2, -0.15) is 0 Å². The second-order valence-corrected chi connectivity index (χ2v) is 7.69. The number of rotatable bonds is 4. The van der Waals surface area contributed by atoms with Gasteiger partial charge in [-0.15, -0.1) is 10.2 Å². The highest BCUT2D eigenvalue weighted by atomic mass is 32.1. The Morgan fingerprint density at radius 2 is 2.00 bits per heavy atom. The van der Waals surface area contributed by atoms with Crippen molar-refractivity contribution in [3.8, 4) is 10.6 Å². The van der Waals surface area contributed by atoms with Crippen molar-refractivity contribution in [3.05, 3.63) is 35.1 Å². The van der Waals surface area contributed by atoms with Gasteiger partial charge in [-0.05, 0) is 59.0 Å². The van der Waals surface area contributed by atoms with Crippen molar-refractivity contribution < 1.29 is 4.39 Å². The summed E-state index contributed by atoms with van der Waals surface area (Å²) in [6.07, 6.45) is 3.62. The van der Waals surface area contributed by atoms with Crippen LogP contribution in [0.15, 0.2) is 24.3 Å². The number of likely N-dealkylation sites (tertiary alicyclic amines) is 1. The molecule has 3 rings (SSSR count). The predicted molar refractivity (Wildman–Crippen MR) is 96.6 cm³/mol. The van der Waals surface area contributed by atoms with E-state index < -0.39 is 0 Å². The van der Waals surface area contributed by atoms with Gasteiger partial charge < -0.3 is 4.90 Å². The maximum Gasteiger partial charge on any atom is 0.150 e. The first-order valence-corrected chi connectivity index (χ1v) is 9.36. The van der Waals surface area contributed by atoms with Crippen LogP contribution in [0.4, 0.5) is 4.39 Å². The maximum atomic E-state index is 13.9. The smallest absolute Gasteiger partial charge is 0.150 e. The molecule has 0 amide bonds. The zero-order chi connectivity index (χ0) is 17.1. The normalized spacial score (nSPS) is 21.0. The lowest BCUT2D eigenvalue weighted by Gasteiger charge is -2.26. The minimum absolute atomic E-state index is 0.226. The van der Waals surface area contributed by atoms with Crippen LogP contribution >= 0.6 is 11.3 Å². The molecule has 6 heteroatoms. The summed E-state index contributed by atoms with van der Waals surface area (Å²) < 4.78 is 13.9. The zero-order valence-corrected chi connectivity index (χ0v) is 15.4. The van der Waals surface area contributed by atoms with E-state index in [1.807, 2.05) is 6.07 Å². The van der Waals surface area contributed by atoms with E-state index >= 15 is 0 Å². The molecular weight excluding hydrogens is 323 g/mol. The Kier molecular flexibility index (Phi) is 5.58. The average molecular weight is 348 g/mol. The van der Waals surface area contributed by atoms with Crippen LogP contribution < -0.4 is 0 Å². The van der Waals surface area contributed by atoms with Crippen molar-refractivity contribution in [2.75, 3.05) is 27.2 Å². The van der Waals surface area contributed by atoms with Gasteiger partial charge >= 0.3 is 0 Å². The summed E-state index contributed by atoms with van der Waals surface area (Å²) in [5, 5.41) is 10.2. The van der Waals surface area contributed by atoms with E-state index in [1.54, 1.807) is 12.1 Å². The monoisotopic (exact) mass is 348 g/mol. The van der Waals surface area contributed by atoms with Crippen molar-refractivity contribution >= 4 is 11.3 Å². The minimum atomic E-state index is -0.239. The largest absolute Gasteiger partial charge is 0.306 e. The van der Waals surface area contributed by atoms with Crippen LogP contribution in [0.2, 0.25) is 0 Å². The van der Waals surface area contributed by atoms with E-state index in [0.717, 1.165) is 18.1 Å². The molecule has 0 aliphatic carbocycles. The molecule has 1 fully saturated rings. The summed E-state index contributed by atoms with van der Waals surface area (Å²) in [6, 6.07) is 7.64. The van der Waals surface area contributed by atoms with Crippen LogP contribution in [0.5, 0.6) is 0 Å². The Bertz CT molecular complexity index is 673. The molecule has 0 saturated carbocycles. The first-order valence-electron chi connectivity index (χ1n) is 8.55. The van der Waals surface area contributed by atoms with Gasteiger partial charge in [-0.1, -0.05) is 23.5 Å². The second-order valence-electron chi connectivity index (χ2n) is 6.69.